The number of alkyl halides is 3. The Hall–Kier alpha value is -3.33. The largest absolute Gasteiger partial charge is 0.741 e. The van der Waals surface area contributed by atoms with Gasteiger partial charge in [-0.25, -0.2) is 8.42 Å². The molecule has 40 heavy (non-hydrogen) atoms. The number of fused-ring (bicyclic) bond motifs is 7. The zero-order valence-corrected chi connectivity index (χ0v) is 22.8. The van der Waals surface area contributed by atoms with Crippen LogP contribution in [0.1, 0.15) is 23.1 Å². The zero-order chi connectivity index (χ0) is 28.2. The van der Waals surface area contributed by atoms with Crippen LogP contribution in [0, 0.1) is 11.8 Å². The van der Waals surface area contributed by atoms with Crippen LogP contribution in [0.3, 0.4) is 0 Å². The number of allylic oxidation sites excluding steroid dienone is 2. The normalized spacial score (nSPS) is 27.9. The summed E-state index contributed by atoms with van der Waals surface area (Å²) >= 11 is 0. The predicted octanol–water partition coefficient (Wildman–Crippen LogP) is 7.18. The molecular formula is C32H25F3O3S2. The Balaban J connectivity index is 0.000000319. The van der Waals surface area contributed by atoms with E-state index in [1.165, 1.54) is 27.3 Å². The first-order chi connectivity index (χ1) is 19.1. The van der Waals surface area contributed by atoms with E-state index in [9.17, 15) is 13.2 Å². The highest BCUT2D eigenvalue weighted by atomic mass is 32.2. The first-order valence-electron chi connectivity index (χ1n) is 12.8. The van der Waals surface area contributed by atoms with Crippen LogP contribution in [-0.2, 0) is 31.2 Å². The van der Waals surface area contributed by atoms with Crippen LogP contribution in [0.2, 0.25) is 0 Å². The van der Waals surface area contributed by atoms with Gasteiger partial charge in [-0.15, -0.1) is 0 Å². The lowest BCUT2D eigenvalue weighted by Crippen LogP contribution is -2.53. The number of hydrogen-bond acceptors (Lipinski definition) is 3. The average Bonchev–Trinajstić information content (AvgIpc) is 3.62. The fourth-order valence-corrected chi connectivity index (χ4v) is 10.8. The van der Waals surface area contributed by atoms with E-state index < -0.39 is 15.6 Å². The first-order valence-corrected chi connectivity index (χ1v) is 15.5. The lowest BCUT2D eigenvalue weighted by molar-refractivity contribution is -0.0517. The molecule has 4 aromatic rings. The van der Waals surface area contributed by atoms with Crippen LogP contribution in [0.5, 0.6) is 0 Å². The summed E-state index contributed by atoms with van der Waals surface area (Å²) in [4.78, 5) is 2.99. The van der Waals surface area contributed by atoms with Gasteiger partial charge in [0.05, 0.1) is 16.3 Å². The third kappa shape index (κ3) is 3.73. The summed E-state index contributed by atoms with van der Waals surface area (Å²) in [5, 5.41) is 0. The van der Waals surface area contributed by atoms with E-state index in [1.54, 1.807) is 5.56 Å². The van der Waals surface area contributed by atoms with Gasteiger partial charge in [0.2, 0.25) is 0 Å². The van der Waals surface area contributed by atoms with Crippen molar-refractivity contribution in [1.29, 1.82) is 0 Å². The van der Waals surface area contributed by atoms with Crippen LogP contribution < -0.4 is 0 Å². The van der Waals surface area contributed by atoms with E-state index in [0.717, 1.165) is 0 Å². The van der Waals surface area contributed by atoms with E-state index in [4.69, 9.17) is 13.0 Å². The second-order valence-corrected chi connectivity index (χ2v) is 13.7. The summed E-state index contributed by atoms with van der Waals surface area (Å²) in [5.41, 5.74) is -1.19. The minimum Gasteiger partial charge on any atom is -0.741 e. The van der Waals surface area contributed by atoms with Gasteiger partial charge in [-0.05, 0) is 36.1 Å². The SMILES string of the molecule is C1=C[C@H]2C[C@@H]1[C@@]1(c3ccccc3)[S+](c3ccccc3)c3ccccc3[C@@]21c1ccccc1.O=S(=O)([O-])C(F)(F)F. The van der Waals surface area contributed by atoms with E-state index in [-0.39, 0.29) is 21.1 Å². The Morgan fingerprint density at radius 2 is 1.18 bits per heavy atom. The van der Waals surface area contributed by atoms with Crippen LogP contribution in [0.15, 0.2) is 137 Å². The van der Waals surface area contributed by atoms with E-state index in [0.29, 0.717) is 11.8 Å². The van der Waals surface area contributed by atoms with Crippen molar-refractivity contribution in [2.75, 3.05) is 0 Å². The highest BCUT2D eigenvalue weighted by Gasteiger charge is 2.81. The Morgan fingerprint density at radius 1 is 0.700 bits per heavy atom. The van der Waals surface area contributed by atoms with E-state index >= 15 is 0 Å². The highest BCUT2D eigenvalue weighted by Crippen LogP contribution is 2.76. The van der Waals surface area contributed by atoms with Crippen molar-refractivity contribution in [2.45, 2.75) is 31.9 Å². The number of hydrogen-bond donors (Lipinski definition) is 0. The molecule has 1 saturated carbocycles. The maximum absolute atomic E-state index is 10.7. The smallest absolute Gasteiger partial charge is 0.485 e. The molecule has 0 radical (unpaired) electrons. The van der Waals surface area contributed by atoms with Gasteiger partial charge in [0, 0.05) is 17.0 Å². The highest BCUT2D eigenvalue weighted by molar-refractivity contribution is 7.98. The molecule has 2 aliphatic carbocycles. The quantitative estimate of drug-likeness (QED) is 0.112. The number of halogens is 3. The molecule has 1 heterocycles. The summed E-state index contributed by atoms with van der Waals surface area (Å²) in [6.45, 7) is 0. The summed E-state index contributed by atoms with van der Waals surface area (Å²) < 4.78 is 58.9. The molecule has 204 valence electrons. The molecule has 3 nitrogen and oxygen atoms in total. The molecule has 0 N–H and O–H groups in total. The molecule has 1 aliphatic heterocycles. The van der Waals surface area contributed by atoms with Crippen molar-refractivity contribution >= 4 is 21.0 Å². The van der Waals surface area contributed by atoms with Crippen LogP contribution in [-0.4, -0.2) is 18.5 Å². The molecule has 3 aliphatic rings. The van der Waals surface area contributed by atoms with Gasteiger partial charge in [0.25, 0.3) is 0 Å². The van der Waals surface area contributed by atoms with Crippen LogP contribution >= 0.6 is 0 Å². The molecule has 0 aromatic heterocycles. The summed E-state index contributed by atoms with van der Waals surface area (Å²) in [6, 6.07) is 43.5. The number of benzene rings is 4. The Bertz CT molecular complexity index is 1660. The van der Waals surface area contributed by atoms with Gasteiger partial charge < -0.3 is 4.55 Å². The Kier molecular flexibility index (Phi) is 6.48. The maximum atomic E-state index is 10.7. The van der Waals surface area contributed by atoms with E-state index in [2.05, 4.69) is 127 Å². The second-order valence-electron chi connectivity index (χ2n) is 10.1. The van der Waals surface area contributed by atoms with Gasteiger partial charge in [-0.3, -0.25) is 0 Å². The van der Waals surface area contributed by atoms with Crippen molar-refractivity contribution in [3.05, 3.63) is 144 Å². The Morgan fingerprint density at radius 3 is 1.75 bits per heavy atom. The third-order valence-corrected chi connectivity index (χ3v) is 11.9. The van der Waals surface area contributed by atoms with Crippen molar-refractivity contribution in [3.8, 4) is 0 Å². The maximum Gasteiger partial charge on any atom is 0.485 e. The van der Waals surface area contributed by atoms with Crippen molar-refractivity contribution in [3.63, 3.8) is 0 Å². The average molecular weight is 579 g/mol. The molecular weight excluding hydrogens is 553 g/mol. The minimum atomic E-state index is -6.09. The van der Waals surface area contributed by atoms with Gasteiger partial charge >= 0.3 is 5.51 Å². The minimum absolute atomic E-state index is 0.0138. The molecule has 2 bridgehead atoms. The standard InChI is InChI=1S/C31H25S.CHF3O3S/c1-4-12-23(13-5-1)30-25-20-21-26(22-25)31(30,24-14-6-2-7-15-24)32(27-16-8-3-9-17-27)29-19-11-10-18-28(29)30;2-1(3,4)8(5,6)7/h1-21,25-26H,22H2;(H,5,6,7)/q+1;/p-1/t25-,26+,30+,31+,32?;/m0./s1. The van der Waals surface area contributed by atoms with Crippen LogP contribution in [0.25, 0.3) is 0 Å². The van der Waals surface area contributed by atoms with Crippen molar-refractivity contribution in [2.24, 2.45) is 11.8 Å². The summed E-state index contributed by atoms with van der Waals surface area (Å²) in [6.07, 6.45) is 6.32. The van der Waals surface area contributed by atoms with Gasteiger partial charge in [-0.2, -0.15) is 13.2 Å². The third-order valence-electron chi connectivity index (χ3n) is 8.30. The van der Waals surface area contributed by atoms with Crippen molar-refractivity contribution in [1.82, 2.24) is 0 Å². The molecule has 0 amide bonds. The lowest BCUT2D eigenvalue weighted by atomic mass is 9.58. The van der Waals surface area contributed by atoms with E-state index in [1.807, 2.05) is 0 Å². The summed E-state index contributed by atoms with van der Waals surface area (Å²) in [5.74, 6) is 1.03. The van der Waals surface area contributed by atoms with Crippen molar-refractivity contribution < 1.29 is 26.1 Å². The zero-order valence-electron chi connectivity index (χ0n) is 21.2. The topological polar surface area (TPSA) is 57.2 Å². The molecule has 0 saturated heterocycles. The fraction of sp³-hybridized carbons (Fsp3) is 0.188. The summed E-state index contributed by atoms with van der Waals surface area (Å²) in [7, 11) is -6.16. The van der Waals surface area contributed by atoms with Gasteiger partial charge in [0.1, 0.15) is 0 Å². The monoisotopic (exact) mass is 578 g/mol. The van der Waals surface area contributed by atoms with Gasteiger partial charge in [-0.1, -0.05) is 109 Å². The number of rotatable bonds is 3. The van der Waals surface area contributed by atoms with Gasteiger partial charge in [0.15, 0.2) is 24.7 Å². The molecule has 8 heteroatoms. The molecule has 1 unspecified atom stereocenters. The predicted molar refractivity (Wildman–Crippen MR) is 149 cm³/mol. The second kappa shape index (κ2) is 9.65. The fourth-order valence-electron chi connectivity index (χ4n) is 7.15. The Labute approximate surface area is 234 Å². The molecule has 5 atom stereocenters. The molecule has 4 aromatic carbocycles. The van der Waals surface area contributed by atoms with Crippen LogP contribution in [0.4, 0.5) is 13.2 Å². The molecule has 7 rings (SSSR count). The lowest BCUT2D eigenvalue weighted by Gasteiger charge is -2.45. The first kappa shape index (κ1) is 26.9. The molecule has 1 fully saturated rings. The molecule has 0 spiro atoms.